The lowest BCUT2D eigenvalue weighted by Crippen LogP contribution is -2.10. The maximum atomic E-state index is 2.46. The van der Waals surface area contributed by atoms with Gasteiger partial charge in [0.1, 0.15) is 0 Å². The predicted molar refractivity (Wildman–Crippen MR) is 68.9 cm³/mol. The molecular formula is C15H30. The van der Waals surface area contributed by atoms with Crippen LogP contribution < -0.4 is 0 Å². The van der Waals surface area contributed by atoms with Gasteiger partial charge in [-0.3, -0.25) is 0 Å². The minimum absolute atomic E-state index is 1.03. The van der Waals surface area contributed by atoms with E-state index in [1.54, 1.807) is 19.3 Å². The van der Waals surface area contributed by atoms with Gasteiger partial charge < -0.3 is 0 Å². The van der Waals surface area contributed by atoms with Gasteiger partial charge in [-0.2, -0.15) is 0 Å². The second-order valence-corrected chi connectivity index (χ2v) is 5.48. The molecule has 0 nitrogen and oxygen atoms in total. The fraction of sp³-hybridized carbons (Fsp3) is 1.00. The number of fused-ring (bicyclic) bond motifs is 1. The van der Waals surface area contributed by atoms with E-state index in [-0.39, 0.29) is 0 Å². The van der Waals surface area contributed by atoms with E-state index in [4.69, 9.17) is 0 Å². The molecule has 0 spiro atoms. The van der Waals surface area contributed by atoms with Gasteiger partial charge in [-0.25, -0.2) is 0 Å². The van der Waals surface area contributed by atoms with Gasteiger partial charge in [0.25, 0.3) is 0 Å². The Bertz CT molecular complexity index is 155. The largest absolute Gasteiger partial charge is 0.0683 e. The van der Waals surface area contributed by atoms with E-state index >= 15 is 0 Å². The molecule has 0 aliphatic heterocycles. The summed E-state index contributed by atoms with van der Waals surface area (Å²) in [4.78, 5) is 0. The first kappa shape index (κ1) is 13.1. The van der Waals surface area contributed by atoms with Crippen LogP contribution in [-0.2, 0) is 0 Å². The highest BCUT2D eigenvalue weighted by Crippen LogP contribution is 2.54. The summed E-state index contributed by atoms with van der Waals surface area (Å²) in [6.45, 7) is 11.2. The highest BCUT2D eigenvalue weighted by atomic mass is 14.5. The van der Waals surface area contributed by atoms with Gasteiger partial charge in [0, 0.05) is 0 Å². The maximum Gasteiger partial charge on any atom is -0.0352 e. The summed E-state index contributed by atoms with van der Waals surface area (Å²) >= 11 is 0. The zero-order chi connectivity index (χ0) is 11.4. The van der Waals surface area contributed by atoms with Crippen LogP contribution in [0.5, 0.6) is 0 Å². The lowest BCUT2D eigenvalue weighted by atomic mass is 9.89. The Morgan fingerprint density at radius 1 is 0.800 bits per heavy atom. The third-order valence-electron chi connectivity index (χ3n) is 4.76. The number of rotatable bonds is 2. The molecule has 0 saturated heterocycles. The Kier molecular flexibility index (Phi) is 5.15. The van der Waals surface area contributed by atoms with Gasteiger partial charge in [-0.15, -0.1) is 0 Å². The van der Waals surface area contributed by atoms with Crippen LogP contribution in [0.15, 0.2) is 0 Å². The van der Waals surface area contributed by atoms with Gasteiger partial charge >= 0.3 is 0 Å². The van der Waals surface area contributed by atoms with Gasteiger partial charge in [0.15, 0.2) is 0 Å². The first-order valence-corrected chi connectivity index (χ1v) is 7.26. The number of hydrogen-bond acceptors (Lipinski definition) is 0. The smallest absolute Gasteiger partial charge is 0.0352 e. The van der Waals surface area contributed by atoms with Crippen molar-refractivity contribution in [2.24, 2.45) is 29.6 Å². The highest BCUT2D eigenvalue weighted by molar-refractivity contribution is 4.95. The molecule has 90 valence electrons. The molecule has 0 amide bonds. The molecule has 2 saturated carbocycles. The van der Waals surface area contributed by atoms with Crippen molar-refractivity contribution in [2.45, 2.75) is 66.7 Å². The van der Waals surface area contributed by atoms with Gasteiger partial charge in [-0.05, 0) is 48.9 Å². The molecule has 0 heterocycles. The molecule has 0 heteroatoms. The van der Waals surface area contributed by atoms with Gasteiger partial charge in [-0.1, -0.05) is 47.5 Å². The van der Waals surface area contributed by atoms with Crippen molar-refractivity contribution < 1.29 is 0 Å². The first-order chi connectivity index (χ1) is 7.26. The quantitative estimate of drug-likeness (QED) is 0.592. The summed E-state index contributed by atoms with van der Waals surface area (Å²) in [7, 11) is 0. The minimum atomic E-state index is 1.03. The molecule has 0 N–H and O–H groups in total. The number of hydrogen-bond donors (Lipinski definition) is 0. The summed E-state index contributed by atoms with van der Waals surface area (Å²) in [5.74, 6) is 5.42. The molecule has 0 radical (unpaired) electrons. The molecule has 2 aliphatic rings. The Hall–Kier alpha value is 0. The summed E-state index contributed by atoms with van der Waals surface area (Å²) in [5, 5.41) is 0. The second kappa shape index (κ2) is 5.92. The Labute approximate surface area is 96.8 Å². The molecule has 2 rings (SSSR count). The molecule has 2 fully saturated rings. The second-order valence-electron chi connectivity index (χ2n) is 5.48. The van der Waals surface area contributed by atoms with Crippen molar-refractivity contribution in [1.82, 2.24) is 0 Å². The fourth-order valence-corrected chi connectivity index (χ4v) is 4.14. The van der Waals surface area contributed by atoms with Crippen molar-refractivity contribution in [3.05, 3.63) is 0 Å². The summed E-state index contributed by atoms with van der Waals surface area (Å²) in [5.41, 5.74) is 0. The molecule has 4 atom stereocenters. The van der Waals surface area contributed by atoms with Crippen LogP contribution in [0.3, 0.4) is 0 Å². The van der Waals surface area contributed by atoms with Crippen molar-refractivity contribution in [3.63, 3.8) is 0 Å². The van der Waals surface area contributed by atoms with Crippen LogP contribution in [0, 0.1) is 29.6 Å². The SMILES string of the molecule is CC.CCC1CC(CC)C2CC(C)CC12. The Balaban J connectivity index is 0.000000531. The molecule has 0 aromatic carbocycles. The first-order valence-electron chi connectivity index (χ1n) is 7.26. The van der Waals surface area contributed by atoms with E-state index in [0.717, 1.165) is 29.6 Å². The van der Waals surface area contributed by atoms with Gasteiger partial charge in [0.05, 0.1) is 0 Å². The van der Waals surface area contributed by atoms with Crippen molar-refractivity contribution in [2.75, 3.05) is 0 Å². The third-order valence-corrected chi connectivity index (χ3v) is 4.76. The molecule has 15 heavy (non-hydrogen) atoms. The molecule has 2 aliphatic carbocycles. The normalized spacial score (nSPS) is 43.4. The molecule has 0 bridgehead atoms. The lowest BCUT2D eigenvalue weighted by molar-refractivity contribution is 0.323. The van der Waals surface area contributed by atoms with Crippen LogP contribution in [0.2, 0.25) is 0 Å². The average Bonchev–Trinajstić information content (AvgIpc) is 2.78. The van der Waals surface area contributed by atoms with Crippen molar-refractivity contribution in [3.8, 4) is 0 Å². The molecular weight excluding hydrogens is 180 g/mol. The Morgan fingerprint density at radius 2 is 1.20 bits per heavy atom. The monoisotopic (exact) mass is 210 g/mol. The van der Waals surface area contributed by atoms with Crippen molar-refractivity contribution in [1.29, 1.82) is 0 Å². The minimum Gasteiger partial charge on any atom is -0.0683 e. The maximum absolute atomic E-state index is 2.46. The predicted octanol–water partition coefficient (Wildman–Crippen LogP) is 5.13. The molecule has 0 aromatic heterocycles. The van der Waals surface area contributed by atoms with Crippen LogP contribution in [0.25, 0.3) is 0 Å². The van der Waals surface area contributed by atoms with E-state index < -0.39 is 0 Å². The zero-order valence-corrected chi connectivity index (χ0v) is 11.4. The van der Waals surface area contributed by atoms with E-state index in [1.807, 2.05) is 13.8 Å². The standard InChI is InChI=1S/C13H24.C2H6/c1-4-10-8-11(5-2)13-7-9(3)6-12(10)13;1-2/h9-13H,4-8H2,1-3H3;1-2H3. The average molecular weight is 210 g/mol. The van der Waals surface area contributed by atoms with E-state index in [2.05, 4.69) is 20.8 Å². The molecule has 0 aromatic rings. The molecule has 4 unspecified atom stereocenters. The lowest BCUT2D eigenvalue weighted by Gasteiger charge is -2.17. The summed E-state index contributed by atoms with van der Waals surface area (Å²) in [6, 6.07) is 0. The Morgan fingerprint density at radius 3 is 1.53 bits per heavy atom. The summed E-state index contributed by atoms with van der Waals surface area (Å²) < 4.78 is 0. The van der Waals surface area contributed by atoms with E-state index in [1.165, 1.54) is 12.8 Å². The van der Waals surface area contributed by atoms with Gasteiger partial charge in [0.2, 0.25) is 0 Å². The van der Waals surface area contributed by atoms with Crippen LogP contribution >= 0.6 is 0 Å². The van der Waals surface area contributed by atoms with E-state index in [9.17, 15) is 0 Å². The topological polar surface area (TPSA) is 0 Å². The van der Waals surface area contributed by atoms with Crippen molar-refractivity contribution >= 4 is 0 Å². The van der Waals surface area contributed by atoms with E-state index in [0.29, 0.717) is 0 Å². The van der Waals surface area contributed by atoms with Crippen LogP contribution in [-0.4, -0.2) is 0 Å². The summed E-state index contributed by atoms with van der Waals surface area (Å²) in [6.07, 6.45) is 7.50. The third kappa shape index (κ3) is 2.57. The zero-order valence-electron chi connectivity index (χ0n) is 11.4. The fourth-order valence-electron chi connectivity index (χ4n) is 4.14. The highest BCUT2D eigenvalue weighted by Gasteiger charge is 2.45. The van der Waals surface area contributed by atoms with Crippen LogP contribution in [0.4, 0.5) is 0 Å². The van der Waals surface area contributed by atoms with Crippen LogP contribution in [0.1, 0.15) is 66.7 Å².